The maximum atomic E-state index is 12.0. The average molecular weight is 364 g/mol. The molecule has 4 nitrogen and oxygen atoms in total. The van der Waals surface area contributed by atoms with Crippen molar-refractivity contribution in [2.45, 2.75) is 58.3 Å². The monoisotopic (exact) mass is 364 g/mol. The summed E-state index contributed by atoms with van der Waals surface area (Å²) < 4.78 is 6.09. The SMILES string of the molecule is Cc1ccccc1-c1nc(C(N)=O)c(CCC23CC4CC(CC(C4)C2)C3)o1. The Labute approximate surface area is 160 Å². The van der Waals surface area contributed by atoms with Gasteiger partial charge in [0.2, 0.25) is 5.89 Å². The van der Waals surface area contributed by atoms with Gasteiger partial charge < -0.3 is 10.2 Å². The van der Waals surface area contributed by atoms with Crippen LogP contribution in [0.1, 0.15) is 66.8 Å². The van der Waals surface area contributed by atoms with Crippen molar-refractivity contribution < 1.29 is 9.21 Å². The first-order chi connectivity index (χ1) is 13.0. The summed E-state index contributed by atoms with van der Waals surface area (Å²) in [5.41, 5.74) is 8.41. The van der Waals surface area contributed by atoms with Crippen LogP contribution >= 0.6 is 0 Å². The van der Waals surface area contributed by atoms with E-state index in [1.54, 1.807) is 0 Å². The van der Waals surface area contributed by atoms with E-state index in [0.717, 1.165) is 41.7 Å². The van der Waals surface area contributed by atoms with Crippen LogP contribution in [0.3, 0.4) is 0 Å². The molecule has 4 fully saturated rings. The predicted molar refractivity (Wildman–Crippen MR) is 104 cm³/mol. The molecule has 2 N–H and O–H groups in total. The molecule has 4 aliphatic rings. The summed E-state index contributed by atoms with van der Waals surface area (Å²) in [6.07, 6.45) is 10.3. The van der Waals surface area contributed by atoms with Crippen molar-refractivity contribution in [1.82, 2.24) is 4.98 Å². The number of nitrogens with two attached hydrogens (primary N) is 1. The molecule has 0 aliphatic heterocycles. The van der Waals surface area contributed by atoms with Gasteiger partial charge in [-0.1, -0.05) is 18.2 Å². The fourth-order valence-corrected chi connectivity index (χ4v) is 6.62. The first-order valence-electron chi connectivity index (χ1n) is 10.4. The summed E-state index contributed by atoms with van der Waals surface area (Å²) in [4.78, 5) is 16.4. The summed E-state index contributed by atoms with van der Waals surface area (Å²) in [5, 5.41) is 0. The second-order valence-corrected chi connectivity index (χ2v) is 9.39. The molecule has 0 spiro atoms. The average Bonchev–Trinajstić information content (AvgIpc) is 3.04. The predicted octanol–water partition coefficient (Wildman–Crippen LogP) is 4.90. The second kappa shape index (κ2) is 6.22. The van der Waals surface area contributed by atoms with E-state index in [0.29, 0.717) is 22.8 Å². The van der Waals surface area contributed by atoms with Crippen molar-refractivity contribution in [3.8, 4) is 11.5 Å². The van der Waals surface area contributed by atoms with Crippen molar-refractivity contribution in [1.29, 1.82) is 0 Å². The largest absolute Gasteiger partial charge is 0.440 e. The Kier molecular flexibility index (Phi) is 3.92. The van der Waals surface area contributed by atoms with Gasteiger partial charge in [0.05, 0.1) is 0 Å². The molecule has 4 heteroatoms. The molecule has 4 saturated carbocycles. The number of amides is 1. The number of aryl methyl sites for hydroxylation is 2. The lowest BCUT2D eigenvalue weighted by atomic mass is 9.48. The van der Waals surface area contributed by atoms with E-state index in [9.17, 15) is 4.79 Å². The molecule has 142 valence electrons. The molecule has 0 saturated heterocycles. The van der Waals surface area contributed by atoms with Crippen LogP contribution < -0.4 is 5.73 Å². The smallest absolute Gasteiger partial charge is 0.270 e. The van der Waals surface area contributed by atoms with Gasteiger partial charge in [0.25, 0.3) is 5.91 Å². The highest BCUT2D eigenvalue weighted by atomic mass is 16.4. The molecular weight excluding hydrogens is 336 g/mol. The van der Waals surface area contributed by atoms with Crippen molar-refractivity contribution in [2.75, 3.05) is 0 Å². The van der Waals surface area contributed by atoms with Gasteiger partial charge >= 0.3 is 0 Å². The Morgan fingerprint density at radius 2 is 1.78 bits per heavy atom. The van der Waals surface area contributed by atoms with E-state index in [4.69, 9.17) is 10.2 Å². The normalized spacial score (nSPS) is 31.4. The molecule has 4 aliphatic carbocycles. The van der Waals surface area contributed by atoms with Gasteiger partial charge in [-0.2, -0.15) is 0 Å². The van der Waals surface area contributed by atoms with Gasteiger partial charge in [0.15, 0.2) is 5.69 Å². The van der Waals surface area contributed by atoms with E-state index in [1.807, 2.05) is 31.2 Å². The van der Waals surface area contributed by atoms with Gasteiger partial charge in [-0.3, -0.25) is 4.79 Å². The van der Waals surface area contributed by atoms with E-state index in [2.05, 4.69) is 4.98 Å². The minimum absolute atomic E-state index is 0.318. The quantitative estimate of drug-likeness (QED) is 0.820. The van der Waals surface area contributed by atoms with Gasteiger partial charge in [-0.15, -0.1) is 0 Å². The van der Waals surface area contributed by atoms with Gasteiger partial charge in [-0.05, 0) is 86.7 Å². The Morgan fingerprint density at radius 1 is 1.15 bits per heavy atom. The number of benzene rings is 1. The molecule has 0 radical (unpaired) electrons. The lowest BCUT2D eigenvalue weighted by molar-refractivity contribution is -0.0575. The second-order valence-electron chi connectivity index (χ2n) is 9.39. The third-order valence-electron chi connectivity index (χ3n) is 7.35. The standard InChI is InChI=1S/C23H28N2O2/c1-14-4-2-3-5-18(14)22-25-20(21(24)26)19(27-22)6-7-23-11-15-8-16(12-23)10-17(9-15)13-23/h2-5,15-17H,6-13H2,1H3,(H2,24,26). The van der Waals surface area contributed by atoms with E-state index in [-0.39, 0.29) is 0 Å². The van der Waals surface area contributed by atoms with Crippen LogP contribution in [-0.2, 0) is 6.42 Å². The van der Waals surface area contributed by atoms with Gasteiger partial charge in [0, 0.05) is 12.0 Å². The molecule has 1 aromatic carbocycles. The molecule has 0 unspecified atom stereocenters. The summed E-state index contributed by atoms with van der Waals surface area (Å²) in [7, 11) is 0. The Bertz CT molecular complexity index is 847. The van der Waals surface area contributed by atoms with Crippen molar-refractivity contribution >= 4 is 5.91 Å². The van der Waals surface area contributed by atoms with Crippen molar-refractivity contribution in [3.05, 3.63) is 41.3 Å². The fourth-order valence-electron chi connectivity index (χ4n) is 6.62. The minimum atomic E-state index is -0.487. The molecule has 1 aromatic heterocycles. The highest BCUT2D eigenvalue weighted by molar-refractivity contribution is 5.92. The highest BCUT2D eigenvalue weighted by Crippen LogP contribution is 2.61. The number of nitrogens with zero attached hydrogens (tertiary/aromatic N) is 1. The topological polar surface area (TPSA) is 69.1 Å². The number of primary amides is 1. The van der Waals surface area contributed by atoms with E-state index < -0.39 is 5.91 Å². The third-order valence-corrected chi connectivity index (χ3v) is 7.35. The van der Waals surface area contributed by atoms with Crippen LogP contribution in [0.25, 0.3) is 11.5 Å². The van der Waals surface area contributed by atoms with E-state index in [1.165, 1.54) is 38.5 Å². The van der Waals surface area contributed by atoms with Crippen LogP contribution in [0.5, 0.6) is 0 Å². The first-order valence-corrected chi connectivity index (χ1v) is 10.4. The maximum absolute atomic E-state index is 12.0. The molecule has 2 aromatic rings. The number of aromatic nitrogens is 1. The van der Waals surface area contributed by atoms with E-state index >= 15 is 0 Å². The minimum Gasteiger partial charge on any atom is -0.440 e. The number of carbonyl (C=O) groups excluding carboxylic acids is 1. The summed E-state index contributed by atoms with van der Waals surface area (Å²) in [6, 6.07) is 7.96. The highest BCUT2D eigenvalue weighted by Gasteiger charge is 2.50. The Balaban J connectivity index is 1.40. The zero-order valence-electron chi connectivity index (χ0n) is 16.0. The zero-order chi connectivity index (χ0) is 18.6. The van der Waals surface area contributed by atoms with Crippen LogP contribution in [0.15, 0.2) is 28.7 Å². The number of rotatable bonds is 5. The van der Waals surface area contributed by atoms with Crippen molar-refractivity contribution in [3.63, 3.8) is 0 Å². The van der Waals surface area contributed by atoms with Crippen LogP contribution in [0, 0.1) is 30.1 Å². The molecule has 27 heavy (non-hydrogen) atoms. The van der Waals surface area contributed by atoms with Crippen LogP contribution in [0.2, 0.25) is 0 Å². The zero-order valence-corrected chi connectivity index (χ0v) is 16.0. The van der Waals surface area contributed by atoms with Gasteiger partial charge in [0.1, 0.15) is 5.76 Å². The Hall–Kier alpha value is -2.10. The van der Waals surface area contributed by atoms with Gasteiger partial charge in [-0.25, -0.2) is 4.98 Å². The molecule has 0 atom stereocenters. The molecule has 1 heterocycles. The Morgan fingerprint density at radius 3 is 2.37 bits per heavy atom. The maximum Gasteiger partial charge on any atom is 0.270 e. The fraction of sp³-hybridized carbons (Fsp3) is 0.565. The van der Waals surface area contributed by atoms with Crippen LogP contribution in [0.4, 0.5) is 0 Å². The lowest BCUT2D eigenvalue weighted by Crippen LogP contribution is -2.46. The third kappa shape index (κ3) is 2.99. The molecule has 6 rings (SSSR count). The summed E-state index contributed by atoms with van der Waals surface area (Å²) in [6.45, 7) is 2.03. The number of hydrogen-bond acceptors (Lipinski definition) is 3. The van der Waals surface area contributed by atoms with Crippen LogP contribution in [-0.4, -0.2) is 10.9 Å². The van der Waals surface area contributed by atoms with Crippen molar-refractivity contribution in [2.24, 2.45) is 28.9 Å². The summed E-state index contributed by atoms with van der Waals surface area (Å²) in [5.74, 6) is 3.51. The molecular formula is C23H28N2O2. The number of hydrogen-bond donors (Lipinski definition) is 1. The number of carbonyl (C=O) groups is 1. The summed E-state index contributed by atoms with van der Waals surface area (Å²) >= 11 is 0. The molecule has 4 bridgehead atoms. The first kappa shape index (κ1) is 17.0. The number of oxazole rings is 1. The molecule has 1 amide bonds. The lowest BCUT2D eigenvalue weighted by Gasteiger charge is -2.57.